The maximum absolute atomic E-state index is 12.3. The van der Waals surface area contributed by atoms with Gasteiger partial charge in [-0.25, -0.2) is 0 Å². The molecule has 0 aliphatic rings. The molecule has 0 amide bonds. The van der Waals surface area contributed by atoms with Crippen LogP contribution < -0.4 is 0 Å². The van der Waals surface area contributed by atoms with E-state index in [-0.39, 0.29) is 18.9 Å². The summed E-state index contributed by atoms with van der Waals surface area (Å²) in [5, 5.41) is 10.5. The molecule has 2 rings (SSSR count). The van der Waals surface area contributed by atoms with Crippen LogP contribution in [0.5, 0.6) is 0 Å². The average Bonchev–Trinajstić information content (AvgIpc) is 2.82. The lowest BCUT2D eigenvalue weighted by atomic mass is 10.1. The van der Waals surface area contributed by atoms with Gasteiger partial charge in [0.25, 0.3) is 0 Å². The normalized spacial score (nSPS) is 13.0. The van der Waals surface area contributed by atoms with Crippen LogP contribution in [0.3, 0.4) is 0 Å². The summed E-state index contributed by atoms with van der Waals surface area (Å²) in [5.74, 6) is -0.0259. The number of methoxy groups -OCH3 is 1. The number of rotatable bonds is 7. The molecule has 1 unspecified atom stereocenters. The number of aliphatic hydroxyl groups is 1. The molecule has 1 N–H and O–H groups in total. The molecule has 1 aromatic heterocycles. The quantitative estimate of drug-likeness (QED) is 0.778. The van der Waals surface area contributed by atoms with Gasteiger partial charge in [0.05, 0.1) is 24.8 Å². The Morgan fingerprint density at radius 1 is 1.45 bits per heavy atom. The number of likely N-dealkylation sites (N-methyl/N-ethyl adjacent to an activating group) is 1. The van der Waals surface area contributed by atoms with Crippen molar-refractivity contribution in [1.82, 2.24) is 4.90 Å². The fourth-order valence-corrected chi connectivity index (χ4v) is 2.19. The van der Waals surface area contributed by atoms with Gasteiger partial charge in [0.1, 0.15) is 11.8 Å². The Morgan fingerprint density at radius 2 is 2.20 bits per heavy atom. The maximum Gasteiger partial charge on any atom is 0.180 e. The Morgan fingerprint density at radius 3 is 2.95 bits per heavy atom. The van der Waals surface area contributed by atoms with Gasteiger partial charge in [0.15, 0.2) is 5.78 Å². The van der Waals surface area contributed by atoms with Crippen LogP contribution in [-0.2, 0) is 4.74 Å². The number of carbonyl (C=O) groups excluding carboxylic acids is 1. The molecule has 0 saturated heterocycles. The second-order valence-electron chi connectivity index (χ2n) is 4.87. The molecule has 20 heavy (non-hydrogen) atoms. The van der Waals surface area contributed by atoms with Crippen molar-refractivity contribution < 1.29 is 19.1 Å². The highest BCUT2D eigenvalue weighted by atomic mass is 16.5. The number of ketones is 1. The number of fused-ring (bicyclic) bond motifs is 1. The zero-order chi connectivity index (χ0) is 14.5. The lowest BCUT2D eigenvalue weighted by Crippen LogP contribution is -2.35. The third kappa shape index (κ3) is 3.45. The molecule has 0 radical (unpaired) electrons. The summed E-state index contributed by atoms with van der Waals surface area (Å²) in [5.41, 5.74) is 1.28. The Hall–Kier alpha value is -1.69. The molecular weight excluding hydrogens is 258 g/mol. The highest BCUT2D eigenvalue weighted by Crippen LogP contribution is 2.21. The number of Topliss-reactive ketones (excluding diaryl/α,β-unsaturated/α-hetero) is 1. The monoisotopic (exact) mass is 277 g/mol. The Kier molecular flexibility index (Phi) is 4.89. The van der Waals surface area contributed by atoms with Gasteiger partial charge in [0.2, 0.25) is 0 Å². The van der Waals surface area contributed by atoms with Gasteiger partial charge < -0.3 is 14.3 Å². The standard InChI is InChI=1S/C15H19NO4/c1-16(7-11(17)9-19-2)8-14(18)13-10-20-15-6-4-3-5-12(13)15/h3-6,10-11,17H,7-9H2,1-2H3. The molecule has 5 heteroatoms. The first-order valence-corrected chi connectivity index (χ1v) is 6.46. The highest BCUT2D eigenvalue weighted by molar-refractivity contribution is 6.08. The van der Waals surface area contributed by atoms with E-state index in [0.29, 0.717) is 17.7 Å². The van der Waals surface area contributed by atoms with Crippen LogP contribution in [0.15, 0.2) is 34.9 Å². The molecule has 0 aliphatic carbocycles. The highest BCUT2D eigenvalue weighted by Gasteiger charge is 2.16. The number of para-hydroxylation sites is 1. The smallest absolute Gasteiger partial charge is 0.180 e. The van der Waals surface area contributed by atoms with Gasteiger partial charge in [-0.1, -0.05) is 18.2 Å². The van der Waals surface area contributed by atoms with Crippen molar-refractivity contribution in [2.24, 2.45) is 0 Å². The first-order chi connectivity index (χ1) is 9.61. The van der Waals surface area contributed by atoms with E-state index in [2.05, 4.69) is 0 Å². The van der Waals surface area contributed by atoms with Gasteiger partial charge in [0, 0.05) is 19.0 Å². The molecule has 1 atom stereocenters. The molecule has 1 aromatic carbocycles. The third-order valence-electron chi connectivity index (χ3n) is 3.08. The van der Waals surface area contributed by atoms with Crippen LogP contribution in [0, 0.1) is 0 Å². The SMILES string of the molecule is COCC(O)CN(C)CC(=O)c1coc2ccccc12. The number of aliphatic hydroxyl groups excluding tert-OH is 1. The van der Waals surface area contributed by atoms with Gasteiger partial charge in [-0.05, 0) is 13.1 Å². The number of hydrogen-bond acceptors (Lipinski definition) is 5. The molecule has 0 bridgehead atoms. The summed E-state index contributed by atoms with van der Waals surface area (Å²) >= 11 is 0. The van der Waals surface area contributed by atoms with E-state index in [1.54, 1.807) is 11.9 Å². The van der Waals surface area contributed by atoms with Gasteiger partial charge in [-0.2, -0.15) is 0 Å². The van der Waals surface area contributed by atoms with Crippen LogP contribution in [-0.4, -0.2) is 55.7 Å². The van der Waals surface area contributed by atoms with Crippen LogP contribution >= 0.6 is 0 Å². The average molecular weight is 277 g/mol. The van der Waals surface area contributed by atoms with Gasteiger partial charge in [-0.3, -0.25) is 9.69 Å². The maximum atomic E-state index is 12.3. The summed E-state index contributed by atoms with van der Waals surface area (Å²) in [6.45, 7) is 0.868. The first kappa shape index (κ1) is 14.7. The van der Waals surface area contributed by atoms with Crippen molar-refractivity contribution in [1.29, 1.82) is 0 Å². The molecule has 1 heterocycles. The van der Waals surface area contributed by atoms with Crippen LogP contribution in [0.25, 0.3) is 11.0 Å². The Balaban J connectivity index is 2.01. The van der Waals surface area contributed by atoms with Crippen molar-refractivity contribution in [3.8, 4) is 0 Å². The summed E-state index contributed by atoms with van der Waals surface area (Å²) in [6, 6.07) is 7.44. The van der Waals surface area contributed by atoms with Crippen molar-refractivity contribution in [2.75, 3.05) is 33.9 Å². The minimum atomic E-state index is -0.598. The molecule has 5 nitrogen and oxygen atoms in total. The number of furan rings is 1. The molecule has 0 saturated carbocycles. The molecule has 0 aliphatic heterocycles. The van der Waals surface area contributed by atoms with Gasteiger partial charge >= 0.3 is 0 Å². The summed E-state index contributed by atoms with van der Waals surface area (Å²) in [7, 11) is 3.32. The second-order valence-corrected chi connectivity index (χ2v) is 4.87. The fraction of sp³-hybridized carbons (Fsp3) is 0.400. The van der Waals surface area contributed by atoms with E-state index in [0.717, 1.165) is 5.39 Å². The number of nitrogens with zero attached hydrogens (tertiary/aromatic N) is 1. The van der Waals surface area contributed by atoms with Crippen molar-refractivity contribution in [3.63, 3.8) is 0 Å². The Bertz CT molecular complexity index is 578. The van der Waals surface area contributed by atoms with Crippen LogP contribution in [0.2, 0.25) is 0 Å². The van der Waals surface area contributed by atoms with Crippen LogP contribution in [0.1, 0.15) is 10.4 Å². The zero-order valence-electron chi connectivity index (χ0n) is 11.7. The van der Waals surface area contributed by atoms with E-state index in [1.807, 2.05) is 24.3 Å². The minimum Gasteiger partial charge on any atom is -0.464 e. The zero-order valence-corrected chi connectivity index (χ0v) is 11.7. The van der Waals surface area contributed by atoms with E-state index in [9.17, 15) is 9.90 Å². The number of benzene rings is 1. The molecule has 0 spiro atoms. The molecule has 0 fully saturated rings. The second kappa shape index (κ2) is 6.65. The summed E-state index contributed by atoms with van der Waals surface area (Å²) in [6.07, 6.45) is 0.894. The number of hydrogen-bond donors (Lipinski definition) is 1. The third-order valence-corrected chi connectivity index (χ3v) is 3.08. The first-order valence-electron chi connectivity index (χ1n) is 6.46. The van der Waals surface area contributed by atoms with Gasteiger partial charge in [-0.15, -0.1) is 0 Å². The van der Waals surface area contributed by atoms with E-state index in [1.165, 1.54) is 13.4 Å². The predicted octanol–water partition coefficient (Wildman–Crippen LogP) is 1.55. The van der Waals surface area contributed by atoms with Crippen molar-refractivity contribution >= 4 is 16.8 Å². The summed E-state index contributed by atoms with van der Waals surface area (Å²) in [4.78, 5) is 14.0. The fourth-order valence-electron chi connectivity index (χ4n) is 2.19. The van der Waals surface area contributed by atoms with E-state index in [4.69, 9.17) is 9.15 Å². The minimum absolute atomic E-state index is 0.0259. The van der Waals surface area contributed by atoms with Crippen molar-refractivity contribution in [3.05, 3.63) is 36.1 Å². The number of carbonyl (C=O) groups is 1. The lowest BCUT2D eigenvalue weighted by molar-refractivity contribution is 0.0428. The molecule has 2 aromatic rings. The molecule has 108 valence electrons. The number of ether oxygens (including phenoxy) is 1. The predicted molar refractivity (Wildman–Crippen MR) is 75.9 cm³/mol. The molecular formula is C15H19NO4. The summed E-state index contributed by atoms with van der Waals surface area (Å²) < 4.78 is 10.2. The van der Waals surface area contributed by atoms with E-state index < -0.39 is 6.10 Å². The topological polar surface area (TPSA) is 62.9 Å². The van der Waals surface area contributed by atoms with E-state index >= 15 is 0 Å². The van der Waals surface area contributed by atoms with Crippen molar-refractivity contribution in [2.45, 2.75) is 6.10 Å². The van der Waals surface area contributed by atoms with Crippen LogP contribution in [0.4, 0.5) is 0 Å². The Labute approximate surface area is 117 Å². The largest absolute Gasteiger partial charge is 0.464 e. The lowest BCUT2D eigenvalue weighted by Gasteiger charge is -2.19.